The molecule has 2 atom stereocenters. The first-order chi connectivity index (χ1) is 18.2. The van der Waals surface area contributed by atoms with E-state index in [0.717, 1.165) is 31.2 Å². The molecular weight excluding hydrogens is 490 g/mol. The quantitative estimate of drug-likeness (QED) is 0.627. The van der Waals surface area contributed by atoms with E-state index in [1.807, 2.05) is 35.2 Å². The maximum absolute atomic E-state index is 14.0. The van der Waals surface area contributed by atoms with Gasteiger partial charge in [0.2, 0.25) is 5.88 Å². The van der Waals surface area contributed by atoms with Crippen LogP contribution in [0, 0.1) is 5.41 Å². The van der Waals surface area contributed by atoms with Crippen LogP contribution in [0.25, 0.3) is 0 Å². The molecule has 5 rings (SSSR count). The van der Waals surface area contributed by atoms with Crippen LogP contribution in [0.4, 0.5) is 9.59 Å². The fourth-order valence-electron chi connectivity index (χ4n) is 6.51. The van der Waals surface area contributed by atoms with Gasteiger partial charge in [-0.2, -0.15) is 0 Å². The summed E-state index contributed by atoms with van der Waals surface area (Å²) < 4.78 is 6.47. The standard InChI is InChI=1S/C27H35N5O6/c1-38-22-15-23(33)31(19-28-22)18-27(37)11-12-30(17-26(27)9-5-6-10-26)24(34)32-14-13-29(25(35)36)16-21(32)20-7-3-2-4-8-20/h2-4,7-8,15,19,21,37H,5-6,9-14,16-18H2,1H3,(H,35,36)/t21-,27+/m0/s1. The fraction of sp³-hybridized carbons (Fsp3) is 0.556. The molecule has 2 aromatic rings. The topological polar surface area (TPSA) is 128 Å². The summed E-state index contributed by atoms with van der Waals surface area (Å²) in [5.74, 6) is 0.227. The molecule has 0 bridgehead atoms. The van der Waals surface area contributed by atoms with Gasteiger partial charge in [-0.1, -0.05) is 43.2 Å². The fourth-order valence-corrected chi connectivity index (χ4v) is 6.51. The van der Waals surface area contributed by atoms with Crippen LogP contribution in [-0.4, -0.2) is 92.0 Å². The van der Waals surface area contributed by atoms with Gasteiger partial charge in [-0.25, -0.2) is 14.6 Å². The summed E-state index contributed by atoms with van der Waals surface area (Å²) in [6.07, 6.45) is 4.18. The number of amides is 3. The maximum Gasteiger partial charge on any atom is 0.407 e. The molecule has 1 saturated carbocycles. The Morgan fingerprint density at radius 1 is 1.08 bits per heavy atom. The van der Waals surface area contributed by atoms with Crippen molar-refractivity contribution in [2.75, 3.05) is 39.8 Å². The minimum atomic E-state index is -1.17. The van der Waals surface area contributed by atoms with E-state index in [0.29, 0.717) is 26.1 Å². The summed E-state index contributed by atoms with van der Waals surface area (Å²) in [7, 11) is 1.45. The molecule has 3 amide bonds. The molecule has 3 heterocycles. The lowest BCUT2D eigenvalue weighted by atomic mass is 9.66. The van der Waals surface area contributed by atoms with Crippen molar-refractivity contribution in [3.63, 3.8) is 0 Å². The highest BCUT2D eigenvalue weighted by atomic mass is 16.5. The van der Waals surface area contributed by atoms with E-state index in [9.17, 15) is 24.6 Å². The van der Waals surface area contributed by atoms with E-state index in [4.69, 9.17) is 4.74 Å². The van der Waals surface area contributed by atoms with Crippen molar-refractivity contribution in [1.29, 1.82) is 0 Å². The first-order valence-electron chi connectivity index (χ1n) is 13.2. The third-order valence-electron chi connectivity index (χ3n) is 8.68. The summed E-state index contributed by atoms with van der Waals surface area (Å²) in [6, 6.07) is 10.3. The number of aromatic nitrogens is 2. The van der Waals surface area contributed by atoms with E-state index in [-0.39, 0.29) is 37.1 Å². The molecule has 2 aliphatic heterocycles. The molecule has 1 spiro atoms. The Morgan fingerprint density at radius 2 is 1.82 bits per heavy atom. The zero-order valence-corrected chi connectivity index (χ0v) is 21.7. The lowest BCUT2D eigenvalue weighted by molar-refractivity contribution is -0.137. The van der Waals surface area contributed by atoms with E-state index < -0.39 is 23.2 Å². The molecule has 3 aliphatic rings. The number of benzene rings is 1. The monoisotopic (exact) mass is 525 g/mol. The van der Waals surface area contributed by atoms with Crippen LogP contribution in [-0.2, 0) is 6.54 Å². The van der Waals surface area contributed by atoms with E-state index in [2.05, 4.69) is 4.98 Å². The zero-order valence-electron chi connectivity index (χ0n) is 21.7. The van der Waals surface area contributed by atoms with Crippen molar-refractivity contribution in [2.45, 2.75) is 50.3 Å². The normalized spacial score (nSPS) is 25.0. The second-order valence-corrected chi connectivity index (χ2v) is 10.7. The average molecular weight is 526 g/mol. The lowest BCUT2D eigenvalue weighted by Gasteiger charge is -2.53. The summed E-state index contributed by atoms with van der Waals surface area (Å²) in [5, 5.41) is 21.6. The van der Waals surface area contributed by atoms with Crippen LogP contribution in [0.1, 0.15) is 43.7 Å². The number of carbonyl (C=O) groups excluding carboxylic acids is 1. The van der Waals surface area contributed by atoms with Crippen LogP contribution in [0.3, 0.4) is 0 Å². The first-order valence-corrected chi connectivity index (χ1v) is 13.2. The number of rotatable bonds is 4. The van der Waals surface area contributed by atoms with Gasteiger partial charge in [0.1, 0.15) is 6.33 Å². The molecule has 204 valence electrons. The van der Waals surface area contributed by atoms with E-state index >= 15 is 0 Å². The second-order valence-electron chi connectivity index (χ2n) is 10.7. The number of piperazine rings is 1. The van der Waals surface area contributed by atoms with Gasteiger partial charge in [0.05, 0.1) is 31.4 Å². The van der Waals surface area contributed by atoms with Gasteiger partial charge >= 0.3 is 12.1 Å². The lowest BCUT2D eigenvalue weighted by Crippen LogP contribution is -2.64. The molecule has 3 fully saturated rings. The molecule has 11 heteroatoms. The van der Waals surface area contributed by atoms with Gasteiger partial charge in [0.15, 0.2) is 0 Å². The van der Waals surface area contributed by atoms with Crippen LogP contribution >= 0.6 is 0 Å². The minimum Gasteiger partial charge on any atom is -0.481 e. The van der Waals surface area contributed by atoms with Gasteiger partial charge < -0.3 is 29.6 Å². The number of hydrogen-bond acceptors (Lipinski definition) is 6. The molecular formula is C27H35N5O6. The van der Waals surface area contributed by atoms with Crippen LogP contribution in [0.5, 0.6) is 5.88 Å². The number of methoxy groups -OCH3 is 1. The largest absolute Gasteiger partial charge is 0.481 e. The van der Waals surface area contributed by atoms with Crippen LogP contribution in [0.15, 0.2) is 47.5 Å². The van der Waals surface area contributed by atoms with Gasteiger partial charge in [-0.15, -0.1) is 0 Å². The number of aliphatic hydroxyl groups is 1. The molecule has 1 aromatic carbocycles. The van der Waals surface area contributed by atoms with Crippen LogP contribution < -0.4 is 10.3 Å². The van der Waals surface area contributed by atoms with Crippen LogP contribution in [0.2, 0.25) is 0 Å². The number of ether oxygens (including phenoxy) is 1. The first kappa shape index (κ1) is 26.0. The summed E-state index contributed by atoms with van der Waals surface area (Å²) in [4.78, 5) is 47.4. The Balaban J connectivity index is 1.38. The third-order valence-corrected chi connectivity index (χ3v) is 8.68. The van der Waals surface area contributed by atoms with E-state index in [1.54, 1.807) is 4.90 Å². The minimum absolute atomic E-state index is 0.106. The predicted molar refractivity (Wildman–Crippen MR) is 138 cm³/mol. The summed E-state index contributed by atoms with van der Waals surface area (Å²) >= 11 is 0. The van der Waals surface area contributed by atoms with Crippen molar-refractivity contribution in [3.8, 4) is 5.88 Å². The van der Waals surface area contributed by atoms with Crippen molar-refractivity contribution in [3.05, 3.63) is 58.6 Å². The van der Waals surface area contributed by atoms with Gasteiger partial charge in [-0.05, 0) is 24.8 Å². The Morgan fingerprint density at radius 3 is 2.47 bits per heavy atom. The van der Waals surface area contributed by atoms with Crippen molar-refractivity contribution >= 4 is 12.1 Å². The zero-order chi connectivity index (χ0) is 26.9. The van der Waals surface area contributed by atoms with Crippen molar-refractivity contribution in [2.24, 2.45) is 5.41 Å². The molecule has 1 aromatic heterocycles. The molecule has 11 nitrogen and oxygen atoms in total. The highest BCUT2D eigenvalue weighted by Crippen LogP contribution is 2.51. The molecule has 2 saturated heterocycles. The Labute approximate surface area is 221 Å². The third kappa shape index (κ3) is 4.70. The number of nitrogens with zero attached hydrogens (tertiary/aromatic N) is 5. The SMILES string of the molecule is COc1cc(=O)n(C[C@]2(O)CCN(C(=O)N3CCN(C(=O)O)C[C@H]3c3ccccc3)CC23CCCC3)cn1. The number of likely N-dealkylation sites (tertiary alicyclic amines) is 1. The molecule has 38 heavy (non-hydrogen) atoms. The van der Waals surface area contributed by atoms with Gasteiger partial charge in [0.25, 0.3) is 5.56 Å². The number of carboxylic acid groups (broad SMARTS) is 1. The number of hydrogen-bond donors (Lipinski definition) is 2. The van der Waals surface area contributed by atoms with E-state index in [1.165, 1.54) is 29.0 Å². The highest BCUT2D eigenvalue weighted by Gasteiger charge is 2.56. The average Bonchev–Trinajstić information content (AvgIpc) is 3.41. The Bertz CT molecular complexity index is 1230. The predicted octanol–water partition coefficient (Wildman–Crippen LogP) is 2.41. The molecule has 1 aliphatic carbocycles. The second kappa shape index (κ2) is 10.3. The summed E-state index contributed by atoms with van der Waals surface area (Å²) in [5.41, 5.74) is -1.10. The summed E-state index contributed by atoms with van der Waals surface area (Å²) in [6.45, 7) is 1.60. The molecule has 2 N–H and O–H groups in total. The van der Waals surface area contributed by atoms with Gasteiger partial charge in [-0.3, -0.25) is 9.36 Å². The Kier molecular flexibility index (Phi) is 7.04. The molecule has 0 unspecified atom stereocenters. The van der Waals surface area contributed by atoms with Gasteiger partial charge in [0, 0.05) is 38.1 Å². The Hall–Kier alpha value is -3.60. The number of piperidine rings is 1. The number of carbonyl (C=O) groups is 2. The highest BCUT2D eigenvalue weighted by molar-refractivity contribution is 5.76. The van der Waals surface area contributed by atoms with Crippen molar-refractivity contribution in [1.82, 2.24) is 24.3 Å². The number of urea groups is 1. The smallest absolute Gasteiger partial charge is 0.407 e. The maximum atomic E-state index is 14.0. The molecule has 0 radical (unpaired) electrons. The van der Waals surface area contributed by atoms with Crippen molar-refractivity contribution < 1.29 is 24.5 Å².